The topological polar surface area (TPSA) is 77.7 Å². The zero-order valence-electron chi connectivity index (χ0n) is 18.0. The van der Waals surface area contributed by atoms with Crippen molar-refractivity contribution in [3.05, 3.63) is 108 Å². The first-order valence-electron chi connectivity index (χ1n) is 10.3. The Labute approximate surface area is 195 Å². The van der Waals surface area contributed by atoms with Crippen molar-refractivity contribution in [3.63, 3.8) is 0 Å². The Morgan fingerprint density at radius 3 is 2.41 bits per heavy atom. The van der Waals surface area contributed by atoms with E-state index in [1.165, 1.54) is 22.3 Å². The molecule has 0 aliphatic carbocycles. The van der Waals surface area contributed by atoms with Crippen molar-refractivity contribution in [2.75, 3.05) is 0 Å². The van der Waals surface area contributed by atoms with Gasteiger partial charge in [0.25, 0.3) is 10.0 Å². The molecular weight excluding hydrogens is 451 g/mol. The zero-order valence-corrected chi connectivity index (χ0v) is 18.8. The average molecular weight is 469 g/mol. The number of hydrogen-bond donors (Lipinski definition) is 0. The normalized spacial score (nSPS) is 11.2. The largest absolute Gasteiger partial charge is 0.269 e. The lowest BCUT2D eigenvalue weighted by Gasteiger charge is -2.07. The molecule has 166 valence electrons. The fourth-order valence-corrected chi connectivity index (χ4v) is 4.80. The number of halogens is 1. The third kappa shape index (κ3) is 4.05. The van der Waals surface area contributed by atoms with Gasteiger partial charge in [-0.05, 0) is 67.4 Å². The van der Waals surface area contributed by atoms with Gasteiger partial charge in [-0.2, -0.15) is 0 Å². The Balaban J connectivity index is 1.60. The molecule has 5 aromatic rings. The highest BCUT2D eigenvalue weighted by Crippen LogP contribution is 2.31. The van der Waals surface area contributed by atoms with Crippen LogP contribution < -0.4 is 0 Å². The van der Waals surface area contributed by atoms with Gasteiger partial charge >= 0.3 is 0 Å². The van der Waals surface area contributed by atoms with Gasteiger partial charge in [-0.15, -0.1) is 0 Å². The van der Waals surface area contributed by atoms with E-state index in [-0.39, 0.29) is 16.5 Å². The van der Waals surface area contributed by atoms with Crippen molar-refractivity contribution in [2.45, 2.75) is 11.8 Å². The van der Waals surface area contributed by atoms with Crippen LogP contribution in [0, 0.1) is 24.6 Å². The minimum Gasteiger partial charge on any atom is -0.237 e. The van der Waals surface area contributed by atoms with Crippen LogP contribution in [0.1, 0.15) is 17.0 Å². The maximum atomic E-state index is 13.4. The molecule has 3 heterocycles. The minimum atomic E-state index is -3.88. The molecule has 0 bridgehead atoms. The number of rotatable bonds is 3. The van der Waals surface area contributed by atoms with E-state index in [0.29, 0.717) is 27.9 Å². The fraction of sp³-hybridized carbons (Fsp3) is 0.0385. The quantitative estimate of drug-likeness (QED) is 0.362. The summed E-state index contributed by atoms with van der Waals surface area (Å²) < 4.78 is 41.1. The third-order valence-electron chi connectivity index (χ3n) is 5.20. The summed E-state index contributed by atoms with van der Waals surface area (Å²) in [6, 6.07) is 17.7. The summed E-state index contributed by atoms with van der Waals surface area (Å²) in [6.07, 6.45) is 4.63. The highest BCUT2D eigenvalue weighted by Gasteiger charge is 2.23. The maximum Gasteiger partial charge on any atom is 0.269 e. The van der Waals surface area contributed by atoms with Gasteiger partial charge in [0.15, 0.2) is 5.65 Å². The lowest BCUT2D eigenvalue weighted by atomic mass is 10.1. The highest BCUT2D eigenvalue weighted by atomic mass is 32.2. The van der Waals surface area contributed by atoms with E-state index in [0.717, 1.165) is 5.56 Å². The molecule has 0 spiro atoms. The monoisotopic (exact) mass is 468 g/mol. The molecule has 8 heteroatoms. The van der Waals surface area contributed by atoms with Gasteiger partial charge in [0.2, 0.25) is 5.82 Å². The fourth-order valence-electron chi connectivity index (χ4n) is 3.47. The van der Waals surface area contributed by atoms with Crippen molar-refractivity contribution in [1.29, 1.82) is 0 Å². The summed E-state index contributed by atoms with van der Waals surface area (Å²) in [7, 11) is -3.88. The van der Waals surface area contributed by atoms with Crippen molar-refractivity contribution in [3.8, 4) is 23.1 Å². The molecule has 0 unspecified atom stereocenters. The molecule has 0 saturated carbocycles. The Kier molecular flexibility index (Phi) is 5.40. The van der Waals surface area contributed by atoms with E-state index < -0.39 is 10.0 Å². The standard InChI is InChI=1S/C26H17FN4O2S/c1-18-4-11-21(12-5-18)34(32,33)31-17-23(22-3-2-15-29-26(22)31)24-14-16-28-25(30-24)13-8-19-6-9-20(27)10-7-19/h2-7,9-12,14-17H,1H3. The minimum absolute atomic E-state index is 0.167. The van der Waals surface area contributed by atoms with Gasteiger partial charge in [-0.3, -0.25) is 0 Å². The van der Waals surface area contributed by atoms with Crippen LogP contribution in [0.3, 0.4) is 0 Å². The lowest BCUT2D eigenvalue weighted by molar-refractivity contribution is 0.588. The van der Waals surface area contributed by atoms with Crippen LogP contribution in [0.25, 0.3) is 22.3 Å². The number of pyridine rings is 1. The van der Waals surface area contributed by atoms with Gasteiger partial charge in [-0.25, -0.2) is 31.7 Å². The summed E-state index contributed by atoms with van der Waals surface area (Å²) >= 11 is 0. The molecule has 6 nitrogen and oxygen atoms in total. The van der Waals surface area contributed by atoms with Crippen molar-refractivity contribution < 1.29 is 12.8 Å². The predicted octanol–water partition coefficient (Wildman–Crippen LogP) is 4.58. The summed E-state index contributed by atoms with van der Waals surface area (Å²) in [5, 5.41) is 0.634. The van der Waals surface area contributed by atoms with Gasteiger partial charge in [-0.1, -0.05) is 23.6 Å². The van der Waals surface area contributed by atoms with Crippen LogP contribution in [0.15, 0.2) is 90.2 Å². The molecule has 34 heavy (non-hydrogen) atoms. The second-order valence-corrected chi connectivity index (χ2v) is 9.37. The van der Waals surface area contributed by atoms with Crippen LogP contribution in [-0.4, -0.2) is 27.3 Å². The molecule has 0 N–H and O–H groups in total. The van der Waals surface area contributed by atoms with Crippen LogP contribution in [-0.2, 0) is 10.0 Å². The Bertz CT molecular complexity index is 1680. The maximum absolute atomic E-state index is 13.4. The number of benzene rings is 2. The van der Waals surface area contributed by atoms with E-state index in [1.807, 2.05) is 6.92 Å². The first-order chi connectivity index (χ1) is 16.4. The number of fused-ring (bicyclic) bond motifs is 1. The summed E-state index contributed by atoms with van der Waals surface area (Å²) in [5.74, 6) is 5.69. The smallest absolute Gasteiger partial charge is 0.237 e. The van der Waals surface area contributed by atoms with Crippen LogP contribution in [0.2, 0.25) is 0 Å². The van der Waals surface area contributed by atoms with Crippen molar-refractivity contribution in [2.24, 2.45) is 0 Å². The second kappa shape index (κ2) is 8.54. The van der Waals surface area contributed by atoms with Crippen molar-refractivity contribution >= 4 is 21.1 Å². The molecule has 0 fully saturated rings. The third-order valence-corrected chi connectivity index (χ3v) is 6.87. The van der Waals surface area contributed by atoms with E-state index in [9.17, 15) is 12.8 Å². The van der Waals surface area contributed by atoms with E-state index in [1.54, 1.807) is 67.0 Å². The molecule has 0 aliphatic rings. The lowest BCUT2D eigenvalue weighted by Crippen LogP contribution is -2.12. The van der Waals surface area contributed by atoms with Gasteiger partial charge < -0.3 is 0 Å². The summed E-state index contributed by atoms with van der Waals surface area (Å²) in [6.45, 7) is 1.90. The van der Waals surface area contributed by atoms with E-state index >= 15 is 0 Å². The van der Waals surface area contributed by atoms with Gasteiger partial charge in [0, 0.05) is 35.1 Å². The van der Waals surface area contributed by atoms with E-state index in [2.05, 4.69) is 26.8 Å². The zero-order chi connectivity index (χ0) is 23.7. The van der Waals surface area contributed by atoms with Crippen molar-refractivity contribution in [1.82, 2.24) is 18.9 Å². The Morgan fingerprint density at radius 1 is 0.882 bits per heavy atom. The molecule has 5 rings (SSSR count). The van der Waals surface area contributed by atoms with Gasteiger partial charge in [0.05, 0.1) is 10.6 Å². The molecule has 2 aromatic carbocycles. The second-order valence-electron chi connectivity index (χ2n) is 7.55. The molecule has 0 amide bonds. The predicted molar refractivity (Wildman–Crippen MR) is 127 cm³/mol. The SMILES string of the molecule is Cc1ccc(S(=O)(=O)n2cc(-c3ccnc(C#Cc4ccc(F)cc4)n3)c3cccnc32)cc1. The number of hydrogen-bond acceptors (Lipinski definition) is 5. The molecule has 0 radical (unpaired) electrons. The summed E-state index contributed by atoms with van der Waals surface area (Å²) in [4.78, 5) is 13.2. The first kappa shape index (κ1) is 21.5. The Morgan fingerprint density at radius 2 is 1.65 bits per heavy atom. The molecule has 0 aliphatic heterocycles. The average Bonchev–Trinajstić information content (AvgIpc) is 3.25. The number of aromatic nitrogens is 4. The van der Waals surface area contributed by atoms with E-state index in [4.69, 9.17) is 0 Å². The molecule has 3 aromatic heterocycles. The van der Waals surface area contributed by atoms with Gasteiger partial charge in [0.1, 0.15) is 5.82 Å². The number of aryl methyl sites for hydroxylation is 1. The highest BCUT2D eigenvalue weighted by molar-refractivity contribution is 7.90. The molecular formula is C26H17FN4O2S. The molecule has 0 saturated heterocycles. The summed E-state index contributed by atoms with van der Waals surface area (Å²) in [5.41, 5.74) is 2.99. The van der Waals surface area contributed by atoms with Crippen LogP contribution in [0.5, 0.6) is 0 Å². The molecule has 0 atom stereocenters. The number of nitrogens with zero attached hydrogens (tertiary/aromatic N) is 4. The van der Waals surface area contributed by atoms with Crippen LogP contribution >= 0.6 is 0 Å². The van der Waals surface area contributed by atoms with Crippen LogP contribution in [0.4, 0.5) is 4.39 Å². The first-order valence-corrected chi connectivity index (χ1v) is 11.8. The Hall–Kier alpha value is -4.35.